The van der Waals surface area contributed by atoms with E-state index >= 15 is 0 Å². The Bertz CT molecular complexity index is 707. The molecule has 2 heterocycles. The molecule has 1 fully saturated rings. The van der Waals surface area contributed by atoms with Gasteiger partial charge in [-0.3, -0.25) is 9.59 Å². The summed E-state index contributed by atoms with van der Waals surface area (Å²) in [4.78, 5) is 28.8. The summed E-state index contributed by atoms with van der Waals surface area (Å²) in [5.74, 6) is 0.125. The highest BCUT2D eigenvalue weighted by molar-refractivity contribution is 7.10. The van der Waals surface area contributed by atoms with Crippen molar-refractivity contribution in [3.63, 3.8) is 0 Å². The van der Waals surface area contributed by atoms with Crippen LogP contribution < -0.4 is 10.2 Å². The molecule has 24 heavy (non-hydrogen) atoms. The zero-order valence-electron chi connectivity index (χ0n) is 13.7. The van der Waals surface area contributed by atoms with Crippen LogP contribution in [0, 0.1) is 0 Å². The summed E-state index contributed by atoms with van der Waals surface area (Å²) < 4.78 is 0. The lowest BCUT2D eigenvalue weighted by Gasteiger charge is -2.36. The first kappa shape index (κ1) is 16.5. The summed E-state index contributed by atoms with van der Waals surface area (Å²) in [5.41, 5.74) is 1.88. The molecule has 0 unspecified atom stereocenters. The average Bonchev–Trinajstić information content (AvgIpc) is 3.07. The Labute approximate surface area is 145 Å². The predicted molar refractivity (Wildman–Crippen MR) is 97.6 cm³/mol. The van der Waals surface area contributed by atoms with Crippen molar-refractivity contribution in [1.29, 1.82) is 0 Å². The van der Waals surface area contributed by atoms with Crippen molar-refractivity contribution in [3.8, 4) is 0 Å². The van der Waals surface area contributed by atoms with E-state index in [0.29, 0.717) is 6.42 Å². The Kier molecular flexibility index (Phi) is 5.15. The molecule has 2 amide bonds. The van der Waals surface area contributed by atoms with Crippen LogP contribution >= 0.6 is 11.3 Å². The molecule has 0 spiro atoms. The molecular formula is C18H21N3O2S. The standard InChI is InChI=1S/C18H21N3O2S/c1-14(22)19-15-4-2-5-16(12-15)20-7-9-21(10-8-20)18(23)13-17-6-3-11-24-17/h2-6,11-12H,7-10,13H2,1H3,(H,19,22). The van der Waals surface area contributed by atoms with Gasteiger partial charge in [0.15, 0.2) is 0 Å². The number of nitrogens with one attached hydrogen (secondary N) is 1. The number of piperazine rings is 1. The maximum absolute atomic E-state index is 12.4. The molecule has 0 aliphatic carbocycles. The first-order valence-electron chi connectivity index (χ1n) is 8.04. The molecule has 0 atom stereocenters. The van der Waals surface area contributed by atoms with Crippen molar-refractivity contribution in [2.45, 2.75) is 13.3 Å². The van der Waals surface area contributed by atoms with E-state index in [1.807, 2.05) is 46.7 Å². The lowest BCUT2D eigenvalue weighted by atomic mass is 10.2. The number of anilines is 2. The number of hydrogen-bond donors (Lipinski definition) is 1. The van der Waals surface area contributed by atoms with Crippen LogP contribution in [0.25, 0.3) is 0 Å². The Balaban J connectivity index is 1.56. The van der Waals surface area contributed by atoms with Crippen molar-refractivity contribution in [2.24, 2.45) is 0 Å². The van der Waals surface area contributed by atoms with E-state index in [4.69, 9.17) is 0 Å². The molecule has 2 aromatic rings. The van der Waals surface area contributed by atoms with Crippen molar-refractivity contribution < 1.29 is 9.59 Å². The summed E-state index contributed by atoms with van der Waals surface area (Å²) in [6, 6.07) is 11.8. The van der Waals surface area contributed by atoms with Crippen LogP contribution in [0.5, 0.6) is 0 Å². The van der Waals surface area contributed by atoms with Gasteiger partial charge in [-0.15, -0.1) is 11.3 Å². The summed E-state index contributed by atoms with van der Waals surface area (Å²) in [7, 11) is 0. The van der Waals surface area contributed by atoms with Crippen molar-refractivity contribution in [3.05, 3.63) is 46.7 Å². The Morgan fingerprint density at radius 1 is 1.12 bits per heavy atom. The minimum absolute atomic E-state index is 0.0730. The van der Waals surface area contributed by atoms with Gasteiger partial charge in [-0.05, 0) is 29.6 Å². The highest BCUT2D eigenvalue weighted by Gasteiger charge is 2.21. The highest BCUT2D eigenvalue weighted by Crippen LogP contribution is 2.21. The van der Waals surface area contributed by atoms with E-state index < -0.39 is 0 Å². The largest absolute Gasteiger partial charge is 0.368 e. The summed E-state index contributed by atoms with van der Waals surface area (Å²) in [5, 5.41) is 4.81. The highest BCUT2D eigenvalue weighted by atomic mass is 32.1. The van der Waals surface area contributed by atoms with E-state index in [2.05, 4.69) is 10.2 Å². The quantitative estimate of drug-likeness (QED) is 0.928. The molecule has 1 aliphatic rings. The van der Waals surface area contributed by atoms with Crippen LogP contribution in [0.2, 0.25) is 0 Å². The Morgan fingerprint density at radius 2 is 1.92 bits per heavy atom. The zero-order valence-corrected chi connectivity index (χ0v) is 14.5. The van der Waals surface area contributed by atoms with Gasteiger partial charge in [0.05, 0.1) is 6.42 Å². The van der Waals surface area contributed by atoms with Crippen LogP contribution in [-0.4, -0.2) is 42.9 Å². The molecule has 126 valence electrons. The van der Waals surface area contributed by atoms with E-state index in [1.54, 1.807) is 11.3 Å². The number of amides is 2. The SMILES string of the molecule is CC(=O)Nc1cccc(N2CCN(C(=O)Cc3cccs3)CC2)c1. The van der Waals surface area contributed by atoms with Crippen LogP contribution in [0.4, 0.5) is 11.4 Å². The first-order chi connectivity index (χ1) is 11.6. The third kappa shape index (κ3) is 4.14. The monoisotopic (exact) mass is 343 g/mol. The second-order valence-corrected chi connectivity index (χ2v) is 6.89. The number of thiophene rings is 1. The number of hydrogen-bond acceptors (Lipinski definition) is 4. The molecule has 1 saturated heterocycles. The molecule has 0 saturated carbocycles. The molecule has 6 heteroatoms. The third-order valence-electron chi connectivity index (χ3n) is 4.07. The minimum atomic E-state index is -0.0730. The van der Waals surface area contributed by atoms with Gasteiger partial charge < -0.3 is 15.1 Å². The lowest BCUT2D eigenvalue weighted by molar-refractivity contribution is -0.130. The Hall–Kier alpha value is -2.34. The van der Waals surface area contributed by atoms with Gasteiger partial charge >= 0.3 is 0 Å². The normalized spacial score (nSPS) is 14.5. The molecule has 1 aliphatic heterocycles. The maximum atomic E-state index is 12.4. The van der Waals surface area contributed by atoms with E-state index in [0.717, 1.165) is 42.4 Å². The van der Waals surface area contributed by atoms with E-state index in [9.17, 15) is 9.59 Å². The van der Waals surface area contributed by atoms with Crippen molar-refractivity contribution in [2.75, 3.05) is 36.4 Å². The molecule has 1 N–H and O–H groups in total. The maximum Gasteiger partial charge on any atom is 0.227 e. The van der Waals surface area contributed by atoms with Crippen molar-refractivity contribution in [1.82, 2.24) is 4.90 Å². The topological polar surface area (TPSA) is 52.7 Å². The zero-order chi connectivity index (χ0) is 16.9. The number of carbonyl (C=O) groups excluding carboxylic acids is 2. The number of nitrogens with zero attached hydrogens (tertiary/aromatic N) is 2. The van der Waals surface area contributed by atoms with Crippen LogP contribution in [0.15, 0.2) is 41.8 Å². The first-order valence-corrected chi connectivity index (χ1v) is 8.92. The minimum Gasteiger partial charge on any atom is -0.368 e. The van der Waals surface area contributed by atoms with Crippen LogP contribution in [-0.2, 0) is 16.0 Å². The van der Waals surface area contributed by atoms with Gasteiger partial charge in [-0.2, -0.15) is 0 Å². The summed E-state index contributed by atoms with van der Waals surface area (Å²) in [6.45, 7) is 4.58. The van der Waals surface area contributed by atoms with Crippen molar-refractivity contribution >= 4 is 34.5 Å². The van der Waals surface area contributed by atoms with Gasteiger partial charge in [0.25, 0.3) is 0 Å². The molecular weight excluding hydrogens is 322 g/mol. The van der Waals surface area contributed by atoms with Gasteiger partial charge in [0.1, 0.15) is 0 Å². The molecule has 0 radical (unpaired) electrons. The number of rotatable bonds is 4. The predicted octanol–water partition coefficient (Wildman–Crippen LogP) is 2.60. The second-order valence-electron chi connectivity index (χ2n) is 5.86. The van der Waals surface area contributed by atoms with Gasteiger partial charge in [0, 0.05) is 49.4 Å². The molecule has 0 bridgehead atoms. The average molecular weight is 343 g/mol. The van der Waals surface area contributed by atoms with Gasteiger partial charge in [-0.25, -0.2) is 0 Å². The fourth-order valence-electron chi connectivity index (χ4n) is 2.87. The van der Waals surface area contributed by atoms with Crippen LogP contribution in [0.3, 0.4) is 0 Å². The smallest absolute Gasteiger partial charge is 0.227 e. The lowest BCUT2D eigenvalue weighted by Crippen LogP contribution is -2.49. The molecule has 1 aromatic carbocycles. The van der Waals surface area contributed by atoms with Gasteiger partial charge in [0.2, 0.25) is 11.8 Å². The molecule has 3 rings (SSSR count). The molecule has 5 nitrogen and oxygen atoms in total. The van der Waals surface area contributed by atoms with Gasteiger partial charge in [-0.1, -0.05) is 12.1 Å². The van der Waals surface area contributed by atoms with E-state index in [1.165, 1.54) is 6.92 Å². The fourth-order valence-corrected chi connectivity index (χ4v) is 3.57. The Morgan fingerprint density at radius 3 is 2.58 bits per heavy atom. The third-order valence-corrected chi connectivity index (χ3v) is 4.95. The summed E-state index contributed by atoms with van der Waals surface area (Å²) >= 11 is 1.63. The second kappa shape index (κ2) is 7.49. The summed E-state index contributed by atoms with van der Waals surface area (Å²) in [6.07, 6.45) is 0.496. The van der Waals surface area contributed by atoms with E-state index in [-0.39, 0.29) is 11.8 Å². The van der Waals surface area contributed by atoms with Crippen LogP contribution in [0.1, 0.15) is 11.8 Å². The molecule has 1 aromatic heterocycles. The number of benzene rings is 1. The number of carbonyl (C=O) groups is 2. The fraction of sp³-hybridized carbons (Fsp3) is 0.333.